The normalized spacial score (nSPS) is 16.9. The molecule has 11 heteroatoms. The average Bonchev–Trinajstić information content (AvgIpc) is 2.98. The minimum absolute atomic E-state index is 0.0139. The molecule has 0 saturated carbocycles. The third-order valence-corrected chi connectivity index (χ3v) is 5.32. The zero-order valence-corrected chi connectivity index (χ0v) is 21.1. The van der Waals surface area contributed by atoms with Gasteiger partial charge in [-0.2, -0.15) is 20.7 Å². The maximum atomic E-state index is 11.4. The number of rotatable bonds is 3. The molecule has 0 aliphatic carbocycles. The van der Waals surface area contributed by atoms with Crippen LogP contribution in [0.5, 0.6) is 0 Å². The molecule has 0 amide bonds. The first-order valence-electron chi connectivity index (χ1n) is 11.9. The molecule has 3 aliphatic heterocycles. The minimum Gasteiger partial charge on any atom is -0.383 e. The monoisotopic (exact) mass is 522 g/mol. The summed E-state index contributed by atoms with van der Waals surface area (Å²) >= 11 is 0. The van der Waals surface area contributed by atoms with Gasteiger partial charge in [-0.3, -0.25) is 10.2 Å². The highest BCUT2D eigenvalue weighted by Gasteiger charge is 2.27. The molecule has 39 heavy (non-hydrogen) atoms. The zero-order valence-electron chi connectivity index (χ0n) is 21.1. The first kappa shape index (κ1) is 28.3. The number of ether oxygens (including phenoxy) is 2. The van der Waals surface area contributed by atoms with E-state index in [1.54, 1.807) is 11.1 Å². The van der Waals surface area contributed by atoms with Crippen molar-refractivity contribution in [1.82, 2.24) is 0 Å². The van der Waals surface area contributed by atoms with E-state index >= 15 is 0 Å². The summed E-state index contributed by atoms with van der Waals surface area (Å²) in [4.78, 5) is 14.1. The Bertz CT molecular complexity index is 1380. The van der Waals surface area contributed by atoms with Gasteiger partial charge in [0.2, 0.25) is 0 Å². The molecule has 3 heterocycles. The molecule has 0 radical (unpaired) electrons. The molecular weight excluding hydrogens is 496 g/mol. The predicted octanol–water partition coefficient (Wildman–Crippen LogP) is 3.39. The Morgan fingerprint density at radius 3 is 2.44 bits per heavy atom. The van der Waals surface area contributed by atoms with Crippen LogP contribution in [-0.2, 0) is 14.3 Å². The van der Waals surface area contributed by atoms with Gasteiger partial charge in [0.25, 0.3) is 6.54 Å². The van der Waals surface area contributed by atoms with Gasteiger partial charge in [-0.05, 0) is 30.3 Å². The van der Waals surface area contributed by atoms with Crippen LogP contribution in [0.1, 0.15) is 6.42 Å². The van der Waals surface area contributed by atoms with Crippen molar-refractivity contribution in [3.05, 3.63) is 95.1 Å². The van der Waals surface area contributed by atoms with Gasteiger partial charge >= 0.3 is 0 Å². The Morgan fingerprint density at radius 1 is 1.10 bits per heavy atom. The van der Waals surface area contributed by atoms with Crippen molar-refractivity contribution in [2.45, 2.75) is 6.42 Å². The maximum absolute atomic E-state index is 11.4. The molecule has 0 aromatic heterocycles. The third-order valence-electron chi connectivity index (χ3n) is 5.32. The molecule has 1 fully saturated rings. The number of fused-ring (bicyclic) bond motifs is 1. The standard InChI is InChI=1S/C14H12N4O.C11H12N2O2.C3H2N2/c15-8-12-11-6-7-19-9-13(11)17-18(14(12)16)10-4-2-1-3-5-10;14-11-6-7-15-8-10(11)13-12-9-4-2-1-3-5-9;1-5-3-2-4/h1-6H,7,9,16H2;1-5,12H,6-8H2;3H2/b;13-10+;. The number of carbonyl (C=O) groups excluding carboxylic acids is 1. The van der Waals surface area contributed by atoms with Crippen LogP contribution < -0.4 is 16.2 Å². The number of hydrazone groups is 2. The Hall–Kier alpha value is -5.28. The van der Waals surface area contributed by atoms with Gasteiger partial charge < -0.3 is 20.1 Å². The van der Waals surface area contributed by atoms with E-state index in [0.29, 0.717) is 50.0 Å². The SMILES string of the molecule is N#CC1=C(N)N(c2ccccc2)N=C2COCC=C21.O=C1CCOC/C1=N\Nc1ccccc1.[C-]#[N+]CC#N. The highest BCUT2D eigenvalue weighted by Crippen LogP contribution is 2.28. The minimum atomic E-state index is -0.0139. The molecule has 0 atom stereocenters. The molecule has 3 N–H and O–H groups in total. The van der Waals surface area contributed by atoms with Gasteiger partial charge in [-0.25, -0.2) is 11.6 Å². The lowest BCUT2D eigenvalue weighted by Crippen LogP contribution is -2.34. The van der Waals surface area contributed by atoms with Crippen molar-refractivity contribution < 1.29 is 14.3 Å². The number of nitrogens with one attached hydrogen (secondary N) is 1. The topological polar surface area (TPSA) is 153 Å². The average molecular weight is 523 g/mol. The summed E-state index contributed by atoms with van der Waals surface area (Å²) < 4.78 is 10.5. The van der Waals surface area contributed by atoms with Crippen LogP contribution in [-0.4, -0.2) is 50.2 Å². The number of hydrogen-bond acceptors (Lipinski definition) is 10. The lowest BCUT2D eigenvalue weighted by Gasteiger charge is -2.29. The number of nitriles is 2. The first-order valence-corrected chi connectivity index (χ1v) is 11.9. The third kappa shape index (κ3) is 8.11. The molecule has 2 aromatic carbocycles. The van der Waals surface area contributed by atoms with E-state index < -0.39 is 0 Å². The maximum Gasteiger partial charge on any atom is 0.298 e. The van der Waals surface area contributed by atoms with E-state index in [1.165, 1.54) is 0 Å². The van der Waals surface area contributed by atoms with Crippen LogP contribution in [0.4, 0.5) is 11.4 Å². The van der Waals surface area contributed by atoms with Crippen molar-refractivity contribution in [2.24, 2.45) is 15.9 Å². The number of Topliss-reactive ketones (excluding diaryl/α,β-unsaturated/α-hetero) is 1. The predicted molar refractivity (Wildman–Crippen MR) is 147 cm³/mol. The molecule has 11 nitrogen and oxygen atoms in total. The fourth-order valence-corrected chi connectivity index (χ4v) is 3.46. The van der Waals surface area contributed by atoms with Crippen LogP contribution >= 0.6 is 0 Å². The number of para-hydroxylation sites is 2. The number of nitrogens with two attached hydrogens (primary N) is 1. The van der Waals surface area contributed by atoms with Crippen LogP contribution in [0.3, 0.4) is 0 Å². The van der Waals surface area contributed by atoms with Gasteiger partial charge in [0.1, 0.15) is 29.2 Å². The summed E-state index contributed by atoms with van der Waals surface area (Å²) in [6, 6.07) is 22.8. The van der Waals surface area contributed by atoms with E-state index in [4.69, 9.17) is 27.0 Å². The molecule has 2 aromatic rings. The van der Waals surface area contributed by atoms with E-state index in [-0.39, 0.29) is 12.3 Å². The van der Waals surface area contributed by atoms with Gasteiger partial charge in [-0.15, -0.1) is 0 Å². The summed E-state index contributed by atoms with van der Waals surface area (Å²) in [5, 5.41) is 27.0. The Kier molecular flexibility index (Phi) is 10.9. The second-order valence-corrected chi connectivity index (χ2v) is 7.94. The van der Waals surface area contributed by atoms with Gasteiger partial charge in [0.05, 0.1) is 43.5 Å². The van der Waals surface area contributed by atoms with E-state index in [9.17, 15) is 10.1 Å². The zero-order chi connectivity index (χ0) is 27.9. The fourth-order valence-electron chi connectivity index (χ4n) is 3.46. The lowest BCUT2D eigenvalue weighted by atomic mass is 9.99. The quantitative estimate of drug-likeness (QED) is 0.353. The molecule has 3 aliphatic rings. The molecule has 0 bridgehead atoms. The molecule has 0 unspecified atom stereocenters. The Labute approximate surface area is 226 Å². The molecule has 196 valence electrons. The second kappa shape index (κ2) is 15.1. The van der Waals surface area contributed by atoms with Gasteiger partial charge in [0.15, 0.2) is 5.78 Å². The van der Waals surface area contributed by atoms with Gasteiger partial charge in [-0.1, -0.05) is 36.4 Å². The van der Waals surface area contributed by atoms with Crippen molar-refractivity contribution in [3.63, 3.8) is 0 Å². The molecule has 1 saturated heterocycles. The van der Waals surface area contributed by atoms with Crippen molar-refractivity contribution >= 4 is 28.6 Å². The summed E-state index contributed by atoms with van der Waals surface area (Å²) in [6.45, 7) is 7.68. The lowest BCUT2D eigenvalue weighted by molar-refractivity contribution is -0.115. The summed E-state index contributed by atoms with van der Waals surface area (Å²) in [5.41, 5.74) is 13.0. The fraction of sp³-hybridized carbons (Fsp3) is 0.214. The van der Waals surface area contributed by atoms with E-state index in [0.717, 1.165) is 22.7 Å². The van der Waals surface area contributed by atoms with E-state index in [2.05, 4.69) is 26.5 Å². The highest BCUT2D eigenvalue weighted by molar-refractivity contribution is 6.41. The number of anilines is 2. The van der Waals surface area contributed by atoms with Gasteiger partial charge in [0, 0.05) is 12.0 Å². The van der Waals surface area contributed by atoms with Crippen molar-refractivity contribution in [1.29, 1.82) is 10.5 Å². The molecule has 5 rings (SSSR count). The number of ketones is 1. The number of benzene rings is 2. The second-order valence-electron chi connectivity index (χ2n) is 7.94. The van der Waals surface area contributed by atoms with Crippen LogP contribution in [0.2, 0.25) is 0 Å². The molecule has 0 spiro atoms. The number of hydrogen-bond donors (Lipinski definition) is 2. The van der Waals surface area contributed by atoms with Crippen LogP contribution in [0.15, 0.2) is 93.9 Å². The summed E-state index contributed by atoms with van der Waals surface area (Å²) in [5.74, 6) is 0.412. The van der Waals surface area contributed by atoms with Crippen LogP contribution in [0.25, 0.3) is 4.85 Å². The Balaban J connectivity index is 0.000000188. The number of carbonyl (C=O) groups is 1. The number of allylic oxidation sites excluding steroid dienone is 1. The largest absolute Gasteiger partial charge is 0.383 e. The first-order chi connectivity index (χ1) is 19.1. The van der Waals surface area contributed by atoms with Crippen molar-refractivity contribution in [2.75, 3.05) is 43.4 Å². The summed E-state index contributed by atoms with van der Waals surface area (Å²) in [7, 11) is 0. The van der Waals surface area contributed by atoms with Crippen molar-refractivity contribution in [3.8, 4) is 12.1 Å². The Morgan fingerprint density at radius 2 is 1.82 bits per heavy atom. The number of nitrogens with zero attached hydrogens (tertiary/aromatic N) is 6. The van der Waals surface area contributed by atoms with E-state index in [1.807, 2.05) is 66.7 Å². The molecular formula is C28H26N8O3. The smallest absolute Gasteiger partial charge is 0.298 e. The highest BCUT2D eigenvalue weighted by atomic mass is 16.5. The van der Waals surface area contributed by atoms with Crippen LogP contribution in [0, 0.1) is 29.2 Å². The summed E-state index contributed by atoms with van der Waals surface area (Å²) in [6.07, 6.45) is 2.27.